The highest BCUT2D eigenvalue weighted by atomic mass is 32.9. The van der Waals surface area contributed by atoms with Gasteiger partial charge in [-0.3, -0.25) is 4.79 Å². The summed E-state index contributed by atoms with van der Waals surface area (Å²) in [6, 6.07) is 0. The van der Waals surface area contributed by atoms with Gasteiger partial charge in [0, 0.05) is 7.05 Å². The van der Waals surface area contributed by atoms with Crippen LogP contribution in [0.1, 0.15) is 13.8 Å². The molecule has 0 aromatic carbocycles. The van der Waals surface area contributed by atoms with Crippen LogP contribution in [0.25, 0.3) is 0 Å². The van der Waals surface area contributed by atoms with Crippen molar-refractivity contribution in [2.75, 3.05) is 26.0 Å². The van der Waals surface area contributed by atoms with Crippen LogP contribution in [0.3, 0.4) is 0 Å². The third-order valence-electron chi connectivity index (χ3n) is 1.58. The summed E-state index contributed by atoms with van der Waals surface area (Å²) >= 11 is 6.24. The molecule has 0 unspecified atom stereocenters. The van der Waals surface area contributed by atoms with Gasteiger partial charge >= 0.3 is 6.09 Å². The van der Waals surface area contributed by atoms with Gasteiger partial charge in [0.15, 0.2) is 0 Å². The number of rotatable bonds is 7. The molecule has 2 amide bonds. The van der Waals surface area contributed by atoms with E-state index in [2.05, 4.69) is 0 Å². The van der Waals surface area contributed by atoms with E-state index in [0.717, 1.165) is 11.4 Å². The first-order valence-corrected chi connectivity index (χ1v) is 9.12. The predicted octanol–water partition coefficient (Wildman–Crippen LogP) is 2.15. The quantitative estimate of drug-likeness (QED) is 0.722. The highest BCUT2D eigenvalue weighted by Crippen LogP contribution is 2.60. The zero-order valence-electron chi connectivity index (χ0n) is 9.91. The van der Waals surface area contributed by atoms with E-state index in [1.165, 1.54) is 7.05 Å². The van der Waals surface area contributed by atoms with Gasteiger partial charge in [-0.2, -0.15) is 0 Å². The van der Waals surface area contributed by atoms with E-state index < -0.39 is 17.7 Å². The maximum Gasteiger partial charge on any atom is 0.413 e. The first-order valence-electron chi connectivity index (χ1n) is 4.89. The molecule has 0 aliphatic carbocycles. The summed E-state index contributed by atoms with van der Waals surface area (Å²) in [5, 5.41) is 8.60. The fourth-order valence-electron chi connectivity index (χ4n) is 0.766. The average molecular weight is 301 g/mol. The molecule has 0 aromatic rings. The van der Waals surface area contributed by atoms with Crippen molar-refractivity contribution < 1.29 is 23.7 Å². The Morgan fingerprint density at radius 3 is 2.18 bits per heavy atom. The predicted molar refractivity (Wildman–Crippen MR) is 70.8 cm³/mol. The molecule has 17 heavy (non-hydrogen) atoms. The Morgan fingerprint density at radius 2 is 1.82 bits per heavy atom. The Bertz CT molecular complexity index is 315. The summed E-state index contributed by atoms with van der Waals surface area (Å²) in [5.41, 5.74) is -2.53. The van der Waals surface area contributed by atoms with Crippen molar-refractivity contribution in [2.45, 2.75) is 13.8 Å². The fraction of sp³-hybridized carbons (Fsp3) is 0.750. The summed E-state index contributed by atoms with van der Waals surface area (Å²) in [6.07, 6.45) is -1.29. The van der Waals surface area contributed by atoms with Crippen molar-refractivity contribution in [3.63, 3.8) is 0 Å². The second-order valence-electron chi connectivity index (χ2n) is 2.79. The van der Waals surface area contributed by atoms with Crippen LogP contribution in [-0.4, -0.2) is 48.0 Å². The molecular formula is C8H16NO5PS2. The Morgan fingerprint density at radius 1 is 1.35 bits per heavy atom. The molecule has 0 saturated heterocycles. The van der Waals surface area contributed by atoms with Gasteiger partial charge in [0.2, 0.25) is 11.6 Å². The van der Waals surface area contributed by atoms with Crippen molar-refractivity contribution >= 4 is 40.9 Å². The smallest absolute Gasteiger partial charge is 0.413 e. The lowest BCUT2D eigenvalue weighted by molar-refractivity contribution is -0.125. The second-order valence-corrected chi connectivity index (χ2v) is 9.10. The number of imide groups is 1. The molecule has 0 spiro atoms. The monoisotopic (exact) mass is 301 g/mol. The van der Waals surface area contributed by atoms with Crippen LogP contribution in [0.5, 0.6) is 0 Å². The molecule has 0 bridgehead atoms. The number of carbonyl (C=O) groups is 2. The van der Waals surface area contributed by atoms with E-state index in [1.54, 1.807) is 13.8 Å². The molecule has 1 N–H and O–H groups in total. The second kappa shape index (κ2) is 8.05. The van der Waals surface area contributed by atoms with Gasteiger partial charge in [0.1, 0.15) is 0 Å². The summed E-state index contributed by atoms with van der Waals surface area (Å²) in [6.45, 7) is 4.36. The van der Waals surface area contributed by atoms with Crippen LogP contribution in [0.2, 0.25) is 0 Å². The van der Waals surface area contributed by atoms with Gasteiger partial charge in [0.05, 0.1) is 19.0 Å². The van der Waals surface area contributed by atoms with Gasteiger partial charge in [0.25, 0.3) is 0 Å². The molecule has 0 heterocycles. The first kappa shape index (κ1) is 16.9. The van der Waals surface area contributed by atoms with E-state index in [9.17, 15) is 9.59 Å². The van der Waals surface area contributed by atoms with Crippen LogP contribution in [-0.2, 0) is 25.6 Å². The maximum atomic E-state index is 11.4. The van der Waals surface area contributed by atoms with Gasteiger partial charge in [-0.15, -0.1) is 0 Å². The molecule has 0 radical (unpaired) electrons. The number of hydrogen-bond donors (Lipinski definition) is 1. The minimum atomic E-state index is -2.53. The summed E-state index contributed by atoms with van der Waals surface area (Å²) in [7, 11) is 1.19. The third kappa shape index (κ3) is 6.38. The Hall–Kier alpha value is -0.140. The van der Waals surface area contributed by atoms with Crippen molar-refractivity contribution in [1.82, 2.24) is 4.90 Å². The summed E-state index contributed by atoms with van der Waals surface area (Å²) in [4.78, 5) is 22.6. The van der Waals surface area contributed by atoms with Crippen LogP contribution >= 0.6 is 17.1 Å². The maximum absolute atomic E-state index is 11.4. The molecule has 0 aliphatic rings. The van der Waals surface area contributed by atoms with Gasteiger partial charge in [-0.05, 0) is 25.7 Å². The topological polar surface area (TPSA) is 76.1 Å². The highest BCUT2D eigenvalue weighted by molar-refractivity contribution is 8.68. The van der Waals surface area contributed by atoms with Crippen molar-refractivity contribution in [3.05, 3.63) is 0 Å². The van der Waals surface area contributed by atoms with Crippen molar-refractivity contribution in [3.8, 4) is 0 Å². The molecular weight excluding hydrogens is 285 g/mol. The minimum absolute atomic E-state index is 0.0694. The van der Waals surface area contributed by atoms with E-state index in [4.69, 9.17) is 26.0 Å². The zero-order valence-corrected chi connectivity index (χ0v) is 12.4. The van der Waals surface area contributed by atoms with Crippen LogP contribution in [0.4, 0.5) is 4.79 Å². The van der Waals surface area contributed by atoms with Crippen molar-refractivity contribution in [2.24, 2.45) is 0 Å². The molecule has 0 rings (SSSR count). The molecule has 0 atom stereocenters. The van der Waals surface area contributed by atoms with E-state index in [1.807, 2.05) is 0 Å². The summed E-state index contributed by atoms with van der Waals surface area (Å²) in [5.74, 6) is -0.615. The van der Waals surface area contributed by atoms with Crippen LogP contribution in [0, 0.1) is 0 Å². The lowest BCUT2D eigenvalue weighted by Crippen LogP contribution is -2.33. The standard InChI is InChI=1S/C8H16NO5PS2/c1-4-13-15(16,14-5-2)17-6-7(10)9(3)8(11)12/h4-6H2,1-3H3,(H,11,12). The normalized spacial score (nSPS) is 11.2. The molecule has 6 nitrogen and oxygen atoms in total. The number of carbonyl (C=O) groups excluding carboxylic acids is 1. The van der Waals surface area contributed by atoms with Gasteiger partial charge in [-0.25, -0.2) is 9.69 Å². The van der Waals surface area contributed by atoms with Gasteiger partial charge in [-0.1, -0.05) is 11.4 Å². The Labute approximate surface area is 110 Å². The van der Waals surface area contributed by atoms with Crippen LogP contribution in [0.15, 0.2) is 0 Å². The van der Waals surface area contributed by atoms with E-state index in [-0.39, 0.29) is 5.75 Å². The number of hydrogen-bond acceptors (Lipinski definition) is 6. The number of amides is 2. The van der Waals surface area contributed by atoms with Gasteiger partial charge < -0.3 is 14.2 Å². The Kier molecular flexibility index (Phi) is 7.98. The molecule has 0 saturated carbocycles. The minimum Gasteiger partial charge on any atom is -0.465 e. The largest absolute Gasteiger partial charge is 0.465 e. The molecule has 0 aliphatic heterocycles. The molecule has 100 valence electrons. The average Bonchev–Trinajstić information content (AvgIpc) is 2.25. The number of nitrogens with zero attached hydrogens (tertiary/aromatic N) is 1. The fourth-order valence-corrected chi connectivity index (χ4v) is 5.08. The Balaban J connectivity index is 4.36. The molecule has 0 fully saturated rings. The lowest BCUT2D eigenvalue weighted by atomic mass is 10.6. The summed E-state index contributed by atoms with van der Waals surface area (Å²) < 4.78 is 10.6. The lowest BCUT2D eigenvalue weighted by Gasteiger charge is -2.20. The van der Waals surface area contributed by atoms with E-state index >= 15 is 0 Å². The van der Waals surface area contributed by atoms with Crippen LogP contribution < -0.4 is 0 Å². The number of carboxylic acid groups (broad SMARTS) is 1. The zero-order chi connectivity index (χ0) is 13.5. The van der Waals surface area contributed by atoms with Crippen molar-refractivity contribution in [1.29, 1.82) is 0 Å². The SMILES string of the molecule is CCOP(=S)(OCC)SCC(=O)N(C)C(=O)O. The molecule has 0 aromatic heterocycles. The third-order valence-corrected chi connectivity index (χ3v) is 6.97. The highest BCUT2D eigenvalue weighted by Gasteiger charge is 2.23. The molecule has 9 heteroatoms. The van der Waals surface area contributed by atoms with E-state index in [0.29, 0.717) is 18.1 Å². The first-order chi connectivity index (χ1) is 7.86.